The molecule has 0 saturated carbocycles. The molecule has 80 valence electrons. The third kappa shape index (κ3) is 2.20. The zero-order valence-electron chi connectivity index (χ0n) is 9.02. The van der Waals surface area contributed by atoms with Crippen molar-refractivity contribution in [2.45, 2.75) is 13.8 Å². The summed E-state index contributed by atoms with van der Waals surface area (Å²) in [5.41, 5.74) is 1.46. The molecule has 0 atom stereocenters. The molecule has 0 spiro atoms. The van der Waals surface area contributed by atoms with E-state index < -0.39 is 0 Å². The maximum atomic E-state index is 9.06. The second-order valence-electron chi connectivity index (χ2n) is 3.41. The number of thiazole rings is 1. The topological polar surface area (TPSA) is 49.8 Å². The number of allylic oxidation sites excluding steroid dienone is 1. The van der Waals surface area contributed by atoms with Gasteiger partial charge >= 0.3 is 0 Å². The molecule has 0 fully saturated rings. The van der Waals surface area contributed by atoms with Crippen LogP contribution in [-0.4, -0.2) is 4.98 Å². The molecule has 0 amide bonds. The van der Waals surface area contributed by atoms with E-state index in [1.54, 1.807) is 6.08 Å². The van der Waals surface area contributed by atoms with Crippen molar-refractivity contribution < 1.29 is 4.42 Å². The summed E-state index contributed by atoms with van der Waals surface area (Å²) in [7, 11) is 0. The molecule has 2 rings (SSSR count). The van der Waals surface area contributed by atoms with E-state index in [9.17, 15) is 0 Å². The van der Waals surface area contributed by atoms with Crippen molar-refractivity contribution in [3.8, 4) is 6.07 Å². The van der Waals surface area contributed by atoms with E-state index in [4.69, 9.17) is 9.68 Å². The molecule has 2 aromatic rings. The Morgan fingerprint density at radius 2 is 2.31 bits per heavy atom. The van der Waals surface area contributed by atoms with Crippen LogP contribution in [0.15, 0.2) is 21.9 Å². The number of hydrogen-bond donors (Lipinski definition) is 0. The predicted molar refractivity (Wildman–Crippen MR) is 63.8 cm³/mol. The van der Waals surface area contributed by atoms with Gasteiger partial charge in [-0.3, -0.25) is 0 Å². The normalized spacial score (nSPS) is 11.4. The van der Waals surface area contributed by atoms with Crippen molar-refractivity contribution in [3.05, 3.63) is 39.7 Å². The molecule has 4 heteroatoms. The average molecular weight is 230 g/mol. The minimum Gasteiger partial charge on any atom is -0.462 e. The van der Waals surface area contributed by atoms with Gasteiger partial charge in [0, 0.05) is 17.2 Å². The fraction of sp³-hybridized carbons (Fsp3) is 0.167. The highest BCUT2D eigenvalue weighted by Crippen LogP contribution is 2.22. The fourth-order valence-corrected chi connectivity index (χ4v) is 2.06. The highest BCUT2D eigenvalue weighted by Gasteiger charge is 2.06. The molecule has 16 heavy (non-hydrogen) atoms. The molecule has 0 aliphatic rings. The van der Waals surface area contributed by atoms with Gasteiger partial charge in [-0.05, 0) is 26.0 Å². The first-order valence-corrected chi connectivity index (χ1v) is 5.68. The highest BCUT2D eigenvalue weighted by atomic mass is 32.1. The van der Waals surface area contributed by atoms with E-state index in [0.29, 0.717) is 11.3 Å². The minimum absolute atomic E-state index is 0.535. The van der Waals surface area contributed by atoms with Crippen LogP contribution >= 0.6 is 11.3 Å². The van der Waals surface area contributed by atoms with Gasteiger partial charge in [0.25, 0.3) is 0 Å². The maximum Gasteiger partial charge on any atom is 0.134 e. The van der Waals surface area contributed by atoms with E-state index in [1.807, 2.05) is 31.4 Å². The smallest absolute Gasteiger partial charge is 0.134 e. The molecule has 0 aliphatic heterocycles. The van der Waals surface area contributed by atoms with Gasteiger partial charge in [-0.1, -0.05) is 0 Å². The molecule has 0 N–H and O–H groups in total. The zero-order valence-corrected chi connectivity index (χ0v) is 9.84. The Labute approximate surface area is 97.7 Å². The van der Waals surface area contributed by atoms with Crippen LogP contribution in [0.2, 0.25) is 0 Å². The summed E-state index contributed by atoms with van der Waals surface area (Å²) in [6.45, 7) is 3.78. The van der Waals surface area contributed by atoms with Gasteiger partial charge in [-0.25, -0.2) is 4.98 Å². The Kier molecular flexibility index (Phi) is 2.88. The lowest BCUT2D eigenvalue weighted by Crippen LogP contribution is -1.80. The second-order valence-corrected chi connectivity index (χ2v) is 4.27. The molecule has 2 aromatic heterocycles. The lowest BCUT2D eigenvalue weighted by molar-refractivity contribution is 0.525. The monoisotopic (exact) mass is 230 g/mol. The SMILES string of the molecule is Cc1csc(/C(C#N)=C/c2ccc(C)o2)n1. The molecular formula is C12H10N2OS. The molecule has 0 aromatic carbocycles. The van der Waals surface area contributed by atoms with Gasteiger partial charge in [-0.2, -0.15) is 5.26 Å². The highest BCUT2D eigenvalue weighted by molar-refractivity contribution is 7.11. The number of hydrogen-bond acceptors (Lipinski definition) is 4. The molecule has 0 unspecified atom stereocenters. The molecule has 0 aliphatic carbocycles. The molecule has 0 saturated heterocycles. The summed E-state index contributed by atoms with van der Waals surface area (Å²) in [6, 6.07) is 5.85. The second kappa shape index (κ2) is 4.33. The number of aryl methyl sites for hydroxylation is 2. The third-order valence-corrected chi connectivity index (χ3v) is 3.01. The number of nitrogens with zero attached hydrogens (tertiary/aromatic N) is 2. The Balaban J connectivity index is 2.37. The van der Waals surface area contributed by atoms with Crippen LogP contribution in [0.3, 0.4) is 0 Å². The molecular weight excluding hydrogens is 220 g/mol. The van der Waals surface area contributed by atoms with Gasteiger partial charge in [0.2, 0.25) is 0 Å². The lowest BCUT2D eigenvalue weighted by atomic mass is 10.2. The quantitative estimate of drug-likeness (QED) is 0.743. The first kappa shape index (κ1) is 10.7. The van der Waals surface area contributed by atoms with Crippen LogP contribution in [0.1, 0.15) is 22.2 Å². The van der Waals surface area contributed by atoms with E-state index >= 15 is 0 Å². The minimum atomic E-state index is 0.535. The predicted octanol–water partition coefficient (Wildman–Crippen LogP) is 3.42. The molecule has 3 nitrogen and oxygen atoms in total. The van der Waals surface area contributed by atoms with E-state index in [-0.39, 0.29) is 0 Å². The van der Waals surface area contributed by atoms with Crippen LogP contribution < -0.4 is 0 Å². The van der Waals surface area contributed by atoms with Crippen molar-refractivity contribution in [1.29, 1.82) is 5.26 Å². The van der Waals surface area contributed by atoms with Crippen LogP contribution in [-0.2, 0) is 0 Å². The Morgan fingerprint density at radius 1 is 1.50 bits per heavy atom. The van der Waals surface area contributed by atoms with E-state index in [2.05, 4.69) is 11.1 Å². The summed E-state index contributed by atoms with van der Waals surface area (Å²) in [6.07, 6.45) is 1.71. The first-order valence-electron chi connectivity index (χ1n) is 4.80. The van der Waals surface area contributed by atoms with Crippen LogP contribution in [0.5, 0.6) is 0 Å². The fourth-order valence-electron chi connectivity index (χ4n) is 1.29. The summed E-state index contributed by atoms with van der Waals surface area (Å²) in [5.74, 6) is 1.51. The van der Waals surface area contributed by atoms with Crippen molar-refractivity contribution in [2.75, 3.05) is 0 Å². The third-order valence-electron chi connectivity index (χ3n) is 2.02. The zero-order chi connectivity index (χ0) is 11.5. The molecule has 0 bridgehead atoms. The Hall–Kier alpha value is -1.86. The number of nitriles is 1. The number of rotatable bonds is 2. The van der Waals surface area contributed by atoms with Crippen molar-refractivity contribution in [2.24, 2.45) is 0 Å². The standard InChI is InChI=1S/C12H10N2OS/c1-8-7-16-12(14-8)10(6-13)5-11-4-3-9(2)15-11/h3-5,7H,1-2H3/b10-5+. The summed E-state index contributed by atoms with van der Waals surface area (Å²) < 4.78 is 5.39. The Bertz CT molecular complexity index is 572. The molecule has 0 radical (unpaired) electrons. The van der Waals surface area contributed by atoms with Gasteiger partial charge in [0.05, 0.1) is 5.57 Å². The average Bonchev–Trinajstić information content (AvgIpc) is 2.84. The number of furan rings is 1. The summed E-state index contributed by atoms with van der Waals surface area (Å²) >= 11 is 1.46. The lowest BCUT2D eigenvalue weighted by Gasteiger charge is -1.91. The van der Waals surface area contributed by atoms with E-state index in [1.165, 1.54) is 11.3 Å². The van der Waals surface area contributed by atoms with Crippen LogP contribution in [0.25, 0.3) is 11.6 Å². The van der Waals surface area contributed by atoms with Crippen LogP contribution in [0, 0.1) is 25.2 Å². The van der Waals surface area contributed by atoms with E-state index in [0.717, 1.165) is 16.5 Å². The van der Waals surface area contributed by atoms with Gasteiger partial charge < -0.3 is 4.42 Å². The van der Waals surface area contributed by atoms with Gasteiger partial charge in [0.15, 0.2) is 0 Å². The van der Waals surface area contributed by atoms with Crippen molar-refractivity contribution in [1.82, 2.24) is 4.98 Å². The summed E-state index contributed by atoms with van der Waals surface area (Å²) in [4.78, 5) is 4.27. The van der Waals surface area contributed by atoms with Gasteiger partial charge in [-0.15, -0.1) is 11.3 Å². The largest absolute Gasteiger partial charge is 0.462 e. The van der Waals surface area contributed by atoms with Crippen molar-refractivity contribution in [3.63, 3.8) is 0 Å². The van der Waals surface area contributed by atoms with Crippen LogP contribution in [0.4, 0.5) is 0 Å². The Morgan fingerprint density at radius 3 is 2.81 bits per heavy atom. The summed E-state index contributed by atoms with van der Waals surface area (Å²) in [5, 5.41) is 11.7. The molecule has 2 heterocycles. The van der Waals surface area contributed by atoms with Gasteiger partial charge in [0.1, 0.15) is 22.6 Å². The maximum absolute atomic E-state index is 9.06. The number of aromatic nitrogens is 1. The van der Waals surface area contributed by atoms with Crippen molar-refractivity contribution >= 4 is 23.0 Å². The first-order chi connectivity index (χ1) is 7.69.